The maximum atomic E-state index is 12.1. The van der Waals surface area contributed by atoms with Gasteiger partial charge in [-0.3, -0.25) is 14.4 Å². The summed E-state index contributed by atoms with van der Waals surface area (Å²) < 4.78 is 10.1. The van der Waals surface area contributed by atoms with Crippen molar-refractivity contribution in [3.05, 3.63) is 51.5 Å². The standard InChI is InChI=1S/C20H19Cl3N2O5/c1-29-17-8-6-13(22)10-16(17)25-18(26)3-2-4-20(28)30-11-19(27)24-15-7-5-12(21)9-14(15)23/h5-10H,2-4,11H2,1H3,(H,24,27)(H,25,26). The van der Waals surface area contributed by atoms with Crippen LogP contribution in [0, 0.1) is 0 Å². The fourth-order valence-electron chi connectivity index (χ4n) is 2.38. The van der Waals surface area contributed by atoms with E-state index in [2.05, 4.69) is 10.6 Å². The first-order valence-electron chi connectivity index (χ1n) is 8.82. The van der Waals surface area contributed by atoms with Crippen LogP contribution in [0.4, 0.5) is 11.4 Å². The number of anilines is 2. The SMILES string of the molecule is COc1ccc(Cl)cc1NC(=O)CCCC(=O)OCC(=O)Nc1ccc(Cl)cc1Cl. The van der Waals surface area contributed by atoms with E-state index in [4.69, 9.17) is 44.3 Å². The number of rotatable bonds is 9. The molecule has 0 radical (unpaired) electrons. The van der Waals surface area contributed by atoms with Gasteiger partial charge < -0.3 is 20.1 Å². The number of benzene rings is 2. The van der Waals surface area contributed by atoms with Crippen LogP contribution in [0.3, 0.4) is 0 Å². The highest BCUT2D eigenvalue weighted by atomic mass is 35.5. The molecule has 0 aliphatic heterocycles. The van der Waals surface area contributed by atoms with Crippen molar-refractivity contribution < 1.29 is 23.9 Å². The van der Waals surface area contributed by atoms with E-state index in [9.17, 15) is 14.4 Å². The quantitative estimate of drug-likeness (QED) is 0.503. The maximum Gasteiger partial charge on any atom is 0.306 e. The van der Waals surface area contributed by atoms with Crippen LogP contribution in [0.15, 0.2) is 36.4 Å². The van der Waals surface area contributed by atoms with Crippen molar-refractivity contribution in [1.29, 1.82) is 0 Å². The Labute approximate surface area is 188 Å². The van der Waals surface area contributed by atoms with Crippen LogP contribution in [-0.2, 0) is 19.1 Å². The van der Waals surface area contributed by atoms with Crippen molar-refractivity contribution in [2.45, 2.75) is 19.3 Å². The fourth-order valence-corrected chi connectivity index (χ4v) is 3.01. The second kappa shape index (κ2) is 11.6. The lowest BCUT2D eigenvalue weighted by Gasteiger charge is -2.10. The Morgan fingerprint density at radius 3 is 2.23 bits per heavy atom. The number of carbonyl (C=O) groups is 3. The summed E-state index contributed by atoms with van der Waals surface area (Å²) in [6.45, 7) is -0.469. The van der Waals surface area contributed by atoms with E-state index in [1.54, 1.807) is 24.3 Å². The molecule has 30 heavy (non-hydrogen) atoms. The van der Waals surface area contributed by atoms with Crippen molar-refractivity contribution in [2.75, 3.05) is 24.4 Å². The molecule has 0 bridgehead atoms. The summed E-state index contributed by atoms with van der Waals surface area (Å²) in [5.41, 5.74) is 0.797. The maximum absolute atomic E-state index is 12.1. The van der Waals surface area contributed by atoms with Crippen molar-refractivity contribution in [1.82, 2.24) is 0 Å². The van der Waals surface area contributed by atoms with Crippen LogP contribution in [-0.4, -0.2) is 31.5 Å². The molecule has 2 N–H and O–H groups in total. The van der Waals surface area contributed by atoms with Gasteiger partial charge in [0, 0.05) is 22.9 Å². The molecule has 2 aromatic carbocycles. The van der Waals surface area contributed by atoms with Gasteiger partial charge in [0.25, 0.3) is 5.91 Å². The minimum Gasteiger partial charge on any atom is -0.495 e. The number of esters is 1. The number of nitrogens with one attached hydrogen (secondary N) is 2. The molecule has 10 heteroatoms. The van der Waals surface area contributed by atoms with Crippen LogP contribution in [0.2, 0.25) is 15.1 Å². The highest BCUT2D eigenvalue weighted by molar-refractivity contribution is 6.36. The minimum absolute atomic E-state index is 0.0188. The minimum atomic E-state index is -0.597. The Morgan fingerprint density at radius 1 is 0.867 bits per heavy atom. The van der Waals surface area contributed by atoms with Gasteiger partial charge in [0.05, 0.1) is 23.5 Å². The van der Waals surface area contributed by atoms with E-state index >= 15 is 0 Å². The lowest BCUT2D eigenvalue weighted by Crippen LogP contribution is -2.21. The molecule has 0 aliphatic carbocycles. The molecule has 0 fully saturated rings. The molecule has 2 aromatic rings. The third-order valence-electron chi connectivity index (χ3n) is 3.79. The molecular weight excluding hydrogens is 455 g/mol. The molecule has 0 saturated heterocycles. The van der Waals surface area contributed by atoms with Gasteiger partial charge in [0.15, 0.2) is 6.61 Å². The zero-order valence-corrected chi connectivity index (χ0v) is 18.2. The first-order chi connectivity index (χ1) is 14.3. The molecule has 0 aliphatic rings. The first kappa shape index (κ1) is 23.8. The van der Waals surface area contributed by atoms with Crippen molar-refractivity contribution in [3.8, 4) is 5.75 Å². The van der Waals surface area contributed by atoms with E-state index in [0.717, 1.165) is 0 Å². The van der Waals surface area contributed by atoms with E-state index in [1.807, 2.05) is 0 Å². The number of amides is 2. The Kier molecular flexibility index (Phi) is 9.23. The lowest BCUT2D eigenvalue weighted by atomic mass is 10.2. The largest absolute Gasteiger partial charge is 0.495 e. The lowest BCUT2D eigenvalue weighted by molar-refractivity contribution is -0.147. The number of methoxy groups -OCH3 is 1. The third-order valence-corrected chi connectivity index (χ3v) is 4.57. The summed E-state index contributed by atoms with van der Waals surface area (Å²) in [5, 5.41) is 6.34. The van der Waals surface area contributed by atoms with Gasteiger partial charge in [0.1, 0.15) is 5.75 Å². The van der Waals surface area contributed by atoms with E-state index < -0.39 is 18.5 Å². The summed E-state index contributed by atoms with van der Waals surface area (Å²) in [6, 6.07) is 9.44. The van der Waals surface area contributed by atoms with Crippen LogP contribution in [0.25, 0.3) is 0 Å². The predicted molar refractivity (Wildman–Crippen MR) is 117 cm³/mol. The summed E-state index contributed by atoms with van der Waals surface area (Å²) in [7, 11) is 1.48. The van der Waals surface area contributed by atoms with Crippen LogP contribution >= 0.6 is 34.8 Å². The zero-order valence-electron chi connectivity index (χ0n) is 16.0. The molecule has 0 spiro atoms. The number of hydrogen-bond donors (Lipinski definition) is 2. The smallest absolute Gasteiger partial charge is 0.306 e. The number of halogens is 3. The summed E-state index contributed by atoms with van der Waals surface area (Å²) >= 11 is 17.7. The Hall–Kier alpha value is -2.48. The van der Waals surface area contributed by atoms with E-state index in [0.29, 0.717) is 27.2 Å². The Morgan fingerprint density at radius 2 is 1.53 bits per heavy atom. The molecule has 7 nitrogen and oxygen atoms in total. The number of hydrogen-bond acceptors (Lipinski definition) is 5. The molecular formula is C20H19Cl3N2O5. The molecule has 2 amide bonds. The molecule has 0 aromatic heterocycles. The van der Waals surface area contributed by atoms with Crippen LogP contribution in [0.1, 0.15) is 19.3 Å². The van der Waals surface area contributed by atoms with Crippen molar-refractivity contribution >= 4 is 64.0 Å². The fraction of sp³-hybridized carbons (Fsp3) is 0.250. The van der Waals surface area contributed by atoms with E-state index in [-0.39, 0.29) is 30.2 Å². The van der Waals surface area contributed by atoms with Gasteiger partial charge in [-0.25, -0.2) is 0 Å². The van der Waals surface area contributed by atoms with Gasteiger partial charge in [-0.2, -0.15) is 0 Å². The average molecular weight is 474 g/mol. The second-order valence-corrected chi connectivity index (χ2v) is 7.36. The summed E-state index contributed by atoms with van der Waals surface area (Å²) in [6.07, 6.45) is 0.310. The van der Waals surface area contributed by atoms with Crippen LogP contribution in [0.5, 0.6) is 5.75 Å². The van der Waals surface area contributed by atoms with Gasteiger partial charge >= 0.3 is 5.97 Å². The zero-order chi connectivity index (χ0) is 22.1. The summed E-state index contributed by atoms with van der Waals surface area (Å²) in [4.78, 5) is 35.7. The Balaban J connectivity index is 1.70. The van der Waals surface area contributed by atoms with Crippen molar-refractivity contribution in [2.24, 2.45) is 0 Å². The first-order valence-corrected chi connectivity index (χ1v) is 9.96. The number of ether oxygens (including phenoxy) is 2. The number of carbonyl (C=O) groups excluding carboxylic acids is 3. The predicted octanol–water partition coefficient (Wildman–Crippen LogP) is 4.95. The third kappa shape index (κ3) is 7.74. The molecule has 2 rings (SSSR count). The Bertz CT molecular complexity index is 937. The monoisotopic (exact) mass is 472 g/mol. The summed E-state index contributed by atoms with van der Waals surface area (Å²) in [5.74, 6) is -0.976. The highest BCUT2D eigenvalue weighted by Gasteiger charge is 2.12. The van der Waals surface area contributed by atoms with Gasteiger partial charge in [-0.1, -0.05) is 34.8 Å². The molecule has 0 atom stereocenters. The van der Waals surface area contributed by atoms with Gasteiger partial charge in [-0.05, 0) is 42.8 Å². The molecule has 0 heterocycles. The molecule has 0 saturated carbocycles. The van der Waals surface area contributed by atoms with Gasteiger partial charge in [0.2, 0.25) is 5.91 Å². The van der Waals surface area contributed by atoms with Crippen LogP contribution < -0.4 is 15.4 Å². The molecule has 160 valence electrons. The normalized spacial score (nSPS) is 10.3. The van der Waals surface area contributed by atoms with E-state index in [1.165, 1.54) is 19.2 Å². The van der Waals surface area contributed by atoms with Crippen molar-refractivity contribution in [3.63, 3.8) is 0 Å². The average Bonchev–Trinajstić information content (AvgIpc) is 2.69. The second-order valence-electron chi connectivity index (χ2n) is 6.08. The topological polar surface area (TPSA) is 93.7 Å². The van der Waals surface area contributed by atoms with Gasteiger partial charge in [-0.15, -0.1) is 0 Å². The highest BCUT2D eigenvalue weighted by Crippen LogP contribution is 2.28. The molecule has 0 unspecified atom stereocenters.